The average molecular weight is 360 g/mol. The zero-order valence-corrected chi connectivity index (χ0v) is 14.7. The van der Waals surface area contributed by atoms with Gasteiger partial charge >= 0.3 is 0 Å². The van der Waals surface area contributed by atoms with Crippen molar-refractivity contribution in [1.29, 1.82) is 0 Å². The minimum atomic E-state index is -0.410. The molecule has 2 heterocycles. The number of non-ortho nitro benzene ring substituents is 1. The van der Waals surface area contributed by atoms with E-state index in [1.807, 2.05) is 24.9 Å². The van der Waals surface area contributed by atoms with Crippen LogP contribution in [0.2, 0.25) is 0 Å². The zero-order valence-electron chi connectivity index (χ0n) is 13.9. The van der Waals surface area contributed by atoms with Crippen LogP contribution >= 0.6 is 11.8 Å². The number of nitro groups is 1. The van der Waals surface area contributed by atoms with Gasteiger partial charge in [0, 0.05) is 38.2 Å². The summed E-state index contributed by atoms with van der Waals surface area (Å²) in [6.07, 6.45) is 1.83. The van der Waals surface area contributed by atoms with E-state index in [-0.39, 0.29) is 5.69 Å². The fraction of sp³-hybridized carbons (Fsp3) is 0.267. The van der Waals surface area contributed by atoms with Crippen molar-refractivity contribution in [2.75, 3.05) is 7.11 Å². The van der Waals surface area contributed by atoms with E-state index in [9.17, 15) is 10.1 Å². The maximum Gasteiger partial charge on any atom is 0.269 e. The van der Waals surface area contributed by atoms with Crippen molar-refractivity contribution in [2.45, 2.75) is 10.9 Å². The number of aromatic nitrogens is 5. The van der Waals surface area contributed by atoms with Crippen LogP contribution in [-0.4, -0.2) is 36.6 Å². The molecule has 0 N–H and O–H groups in total. The van der Waals surface area contributed by atoms with Gasteiger partial charge in [0.15, 0.2) is 11.0 Å². The largest absolute Gasteiger partial charge is 0.479 e. The smallest absolute Gasteiger partial charge is 0.269 e. The van der Waals surface area contributed by atoms with Crippen LogP contribution in [0, 0.1) is 10.1 Å². The van der Waals surface area contributed by atoms with E-state index < -0.39 is 4.92 Å². The molecule has 0 saturated heterocycles. The molecular formula is C15H16N6O3S. The summed E-state index contributed by atoms with van der Waals surface area (Å²) in [4.78, 5) is 10.3. The molecule has 1 aromatic carbocycles. The van der Waals surface area contributed by atoms with Crippen molar-refractivity contribution < 1.29 is 9.66 Å². The number of nitro benzene ring substituents is 1. The number of benzene rings is 1. The summed E-state index contributed by atoms with van der Waals surface area (Å²) in [5.41, 5.74) is 1.82. The number of aryl methyl sites for hydroxylation is 1. The molecule has 0 fully saturated rings. The highest BCUT2D eigenvalue weighted by Crippen LogP contribution is 2.30. The molecule has 0 aliphatic rings. The van der Waals surface area contributed by atoms with Crippen LogP contribution < -0.4 is 4.74 Å². The van der Waals surface area contributed by atoms with Crippen LogP contribution in [0.25, 0.3) is 11.4 Å². The molecular weight excluding hydrogens is 344 g/mol. The van der Waals surface area contributed by atoms with Crippen molar-refractivity contribution in [2.24, 2.45) is 14.1 Å². The number of nitrogens with zero attached hydrogens (tertiary/aromatic N) is 6. The van der Waals surface area contributed by atoms with Crippen LogP contribution in [0.4, 0.5) is 5.69 Å². The molecule has 2 aromatic heterocycles. The van der Waals surface area contributed by atoms with Gasteiger partial charge in [-0.25, -0.2) is 0 Å². The fourth-order valence-corrected chi connectivity index (χ4v) is 3.18. The SMILES string of the molecule is COc1nn(C)cc1-c1nnc(SCc2ccc([N+](=O)[O-])cc2)n1C. The van der Waals surface area contributed by atoms with Gasteiger partial charge in [-0.1, -0.05) is 23.9 Å². The third kappa shape index (κ3) is 3.48. The molecule has 25 heavy (non-hydrogen) atoms. The lowest BCUT2D eigenvalue weighted by molar-refractivity contribution is -0.384. The van der Waals surface area contributed by atoms with Gasteiger partial charge in [-0.3, -0.25) is 14.8 Å². The highest BCUT2D eigenvalue weighted by Gasteiger charge is 2.18. The second-order valence-corrected chi connectivity index (χ2v) is 6.25. The number of thioether (sulfide) groups is 1. The highest BCUT2D eigenvalue weighted by molar-refractivity contribution is 7.98. The Morgan fingerprint density at radius 3 is 2.60 bits per heavy atom. The van der Waals surface area contributed by atoms with E-state index in [1.54, 1.807) is 23.9 Å². The molecule has 0 atom stereocenters. The van der Waals surface area contributed by atoms with Gasteiger partial charge in [0.25, 0.3) is 5.69 Å². The highest BCUT2D eigenvalue weighted by atomic mass is 32.2. The summed E-state index contributed by atoms with van der Waals surface area (Å²) < 4.78 is 8.80. The lowest BCUT2D eigenvalue weighted by Crippen LogP contribution is -1.96. The molecule has 0 unspecified atom stereocenters. The average Bonchev–Trinajstić information content (AvgIpc) is 3.15. The summed E-state index contributed by atoms with van der Waals surface area (Å²) in [5, 5.41) is 24.1. The minimum Gasteiger partial charge on any atom is -0.479 e. The third-order valence-electron chi connectivity index (χ3n) is 3.58. The topological polar surface area (TPSA) is 101 Å². The molecule has 0 saturated carbocycles. The van der Waals surface area contributed by atoms with Crippen molar-refractivity contribution >= 4 is 17.4 Å². The van der Waals surface area contributed by atoms with E-state index in [2.05, 4.69) is 15.3 Å². The van der Waals surface area contributed by atoms with E-state index in [0.717, 1.165) is 16.3 Å². The first-order chi connectivity index (χ1) is 12.0. The van der Waals surface area contributed by atoms with Crippen molar-refractivity contribution in [3.8, 4) is 17.3 Å². The van der Waals surface area contributed by atoms with E-state index in [4.69, 9.17) is 4.74 Å². The predicted octanol–water partition coefficient (Wildman–Crippen LogP) is 2.42. The van der Waals surface area contributed by atoms with Gasteiger partial charge in [0.2, 0.25) is 5.88 Å². The first-order valence-electron chi connectivity index (χ1n) is 7.33. The molecule has 0 radical (unpaired) electrons. The molecule has 0 amide bonds. The van der Waals surface area contributed by atoms with Gasteiger partial charge < -0.3 is 9.30 Å². The summed E-state index contributed by atoms with van der Waals surface area (Å²) in [5.74, 6) is 1.79. The predicted molar refractivity (Wildman–Crippen MR) is 92.4 cm³/mol. The van der Waals surface area contributed by atoms with Gasteiger partial charge in [-0.15, -0.1) is 15.3 Å². The summed E-state index contributed by atoms with van der Waals surface area (Å²) in [6, 6.07) is 6.48. The zero-order chi connectivity index (χ0) is 18.0. The molecule has 0 bridgehead atoms. The lowest BCUT2D eigenvalue weighted by atomic mass is 10.2. The Hall–Kier alpha value is -2.88. The van der Waals surface area contributed by atoms with Gasteiger partial charge in [0.1, 0.15) is 5.56 Å². The Morgan fingerprint density at radius 1 is 1.24 bits per heavy atom. The Bertz CT molecular complexity index is 903. The summed E-state index contributed by atoms with van der Waals surface area (Å²) in [7, 11) is 5.25. The van der Waals surface area contributed by atoms with Gasteiger partial charge in [0.05, 0.1) is 12.0 Å². The monoisotopic (exact) mass is 360 g/mol. The van der Waals surface area contributed by atoms with Gasteiger partial charge in [-0.05, 0) is 5.56 Å². The quantitative estimate of drug-likeness (QED) is 0.378. The number of rotatable bonds is 6. The normalized spacial score (nSPS) is 10.8. The molecule has 3 rings (SSSR count). The first-order valence-corrected chi connectivity index (χ1v) is 8.31. The van der Waals surface area contributed by atoms with Crippen molar-refractivity contribution in [3.63, 3.8) is 0 Å². The molecule has 0 aliphatic heterocycles. The second-order valence-electron chi connectivity index (χ2n) is 5.30. The lowest BCUT2D eigenvalue weighted by Gasteiger charge is -2.04. The van der Waals surface area contributed by atoms with Crippen LogP contribution in [0.5, 0.6) is 5.88 Å². The molecule has 130 valence electrons. The van der Waals surface area contributed by atoms with Crippen molar-refractivity contribution in [3.05, 3.63) is 46.1 Å². The van der Waals surface area contributed by atoms with Gasteiger partial charge in [-0.2, -0.15) is 0 Å². The second kappa shape index (κ2) is 6.93. The van der Waals surface area contributed by atoms with E-state index in [0.29, 0.717) is 17.5 Å². The Labute approximate surface area is 147 Å². The first kappa shape index (κ1) is 17.0. The summed E-state index contributed by atoms with van der Waals surface area (Å²) >= 11 is 1.50. The Morgan fingerprint density at radius 2 is 1.96 bits per heavy atom. The Balaban J connectivity index is 1.76. The maximum absolute atomic E-state index is 10.7. The van der Waals surface area contributed by atoms with Crippen LogP contribution in [-0.2, 0) is 19.8 Å². The van der Waals surface area contributed by atoms with E-state index >= 15 is 0 Å². The molecule has 0 spiro atoms. The molecule has 3 aromatic rings. The summed E-state index contributed by atoms with van der Waals surface area (Å²) in [6.45, 7) is 0. The minimum absolute atomic E-state index is 0.0818. The van der Waals surface area contributed by atoms with E-state index in [1.165, 1.54) is 23.9 Å². The number of hydrogen-bond donors (Lipinski definition) is 0. The van der Waals surface area contributed by atoms with Crippen molar-refractivity contribution in [1.82, 2.24) is 24.5 Å². The van der Waals surface area contributed by atoms with Crippen LogP contribution in [0.3, 0.4) is 0 Å². The number of hydrogen-bond acceptors (Lipinski definition) is 7. The van der Waals surface area contributed by atoms with Crippen LogP contribution in [0.15, 0.2) is 35.6 Å². The number of methoxy groups -OCH3 is 1. The maximum atomic E-state index is 10.7. The fourth-order valence-electron chi connectivity index (χ4n) is 2.31. The standard InChI is InChI=1S/C15H16N6O3S/c1-19-8-12(14(18-19)24-3)13-16-17-15(20(13)2)25-9-10-4-6-11(7-5-10)21(22)23/h4-8H,9H2,1-3H3. The molecule has 10 heteroatoms. The number of ether oxygens (including phenoxy) is 1. The molecule has 0 aliphatic carbocycles. The molecule has 9 nitrogen and oxygen atoms in total. The van der Waals surface area contributed by atoms with Crippen LogP contribution in [0.1, 0.15) is 5.56 Å². The Kier molecular flexibility index (Phi) is 4.70. The third-order valence-corrected chi connectivity index (χ3v) is 4.67.